The maximum atomic E-state index is 4.68. The van der Waals surface area contributed by atoms with E-state index in [0.29, 0.717) is 0 Å². The maximum absolute atomic E-state index is 4.68. The second kappa shape index (κ2) is 12.6. The van der Waals surface area contributed by atoms with E-state index in [4.69, 9.17) is 0 Å². The molecule has 256 valence electrons. The van der Waals surface area contributed by atoms with E-state index in [-0.39, 0.29) is 0 Å². The Bertz CT molecular complexity index is 2980. The van der Waals surface area contributed by atoms with Crippen molar-refractivity contribution < 1.29 is 0 Å². The Morgan fingerprint density at radius 3 is 1.65 bits per heavy atom. The quantitative estimate of drug-likeness (QED) is 0.173. The number of rotatable bonds is 6. The lowest BCUT2D eigenvalue weighted by atomic mass is 9.82. The summed E-state index contributed by atoms with van der Waals surface area (Å²) >= 11 is 0. The Balaban J connectivity index is 1.16. The average molecular weight is 700 g/mol. The van der Waals surface area contributed by atoms with Crippen LogP contribution in [-0.4, -0.2) is 9.97 Å². The Hall–Kier alpha value is -7.36. The van der Waals surface area contributed by atoms with E-state index in [0.717, 1.165) is 33.5 Å². The first-order chi connectivity index (χ1) is 27.3. The molecule has 10 aromatic rings. The van der Waals surface area contributed by atoms with Gasteiger partial charge in [-0.25, -0.2) is 0 Å². The molecule has 0 spiro atoms. The van der Waals surface area contributed by atoms with Gasteiger partial charge in [0.2, 0.25) is 0 Å². The molecule has 0 saturated carbocycles. The fraction of sp³-hybridized carbons (Fsp3) is 0. The van der Waals surface area contributed by atoms with Crippen LogP contribution in [0.3, 0.4) is 0 Å². The molecule has 3 heteroatoms. The van der Waals surface area contributed by atoms with Gasteiger partial charge in [-0.05, 0) is 114 Å². The maximum Gasteiger partial charge on any atom is 0.0723 e. The fourth-order valence-electron chi connectivity index (χ4n) is 8.86. The molecule has 0 saturated heterocycles. The van der Waals surface area contributed by atoms with Crippen LogP contribution in [0, 0.1) is 0 Å². The highest BCUT2D eigenvalue weighted by atomic mass is 15.1. The van der Waals surface area contributed by atoms with Crippen molar-refractivity contribution in [1.82, 2.24) is 9.97 Å². The predicted molar refractivity (Wildman–Crippen MR) is 230 cm³/mol. The third-order valence-corrected chi connectivity index (χ3v) is 11.1. The zero-order chi connectivity index (χ0) is 36.3. The van der Waals surface area contributed by atoms with Gasteiger partial charge in [0.1, 0.15) is 0 Å². The molecule has 0 radical (unpaired) electrons. The SMILES string of the molecule is c1ccc(-c2c3c(c(-c4ccccc4)c4ccccc24)-c2ccc(-c4cccc(N(c5cccnc5)c5ccnc6ccccc56)c4)c4cccc-3c24)cc1. The number of nitrogens with zero attached hydrogens (tertiary/aromatic N) is 3. The van der Waals surface area contributed by atoms with Crippen LogP contribution in [0.15, 0.2) is 201 Å². The van der Waals surface area contributed by atoms with Gasteiger partial charge in [-0.1, -0.05) is 146 Å². The van der Waals surface area contributed by atoms with Crippen molar-refractivity contribution in [2.75, 3.05) is 4.90 Å². The molecule has 0 bridgehead atoms. The van der Waals surface area contributed by atoms with E-state index >= 15 is 0 Å². The fourth-order valence-corrected chi connectivity index (χ4v) is 8.86. The molecule has 3 nitrogen and oxygen atoms in total. The van der Waals surface area contributed by atoms with Gasteiger partial charge in [0.15, 0.2) is 0 Å². The summed E-state index contributed by atoms with van der Waals surface area (Å²) in [6, 6.07) is 65.8. The van der Waals surface area contributed by atoms with Gasteiger partial charge in [-0.15, -0.1) is 0 Å². The summed E-state index contributed by atoms with van der Waals surface area (Å²) in [4.78, 5) is 11.5. The van der Waals surface area contributed by atoms with Crippen LogP contribution in [0.25, 0.3) is 88.1 Å². The molecule has 8 aromatic carbocycles. The Kier molecular flexibility index (Phi) is 7.17. The van der Waals surface area contributed by atoms with Gasteiger partial charge in [0.25, 0.3) is 0 Å². The number of hydrogen-bond acceptors (Lipinski definition) is 3. The smallest absolute Gasteiger partial charge is 0.0723 e. The largest absolute Gasteiger partial charge is 0.308 e. The molecule has 0 fully saturated rings. The molecular formula is C52H33N3. The van der Waals surface area contributed by atoms with Crippen LogP contribution in [0.5, 0.6) is 0 Å². The number of aromatic nitrogens is 2. The third kappa shape index (κ3) is 4.91. The number of benzene rings is 8. The van der Waals surface area contributed by atoms with Crippen molar-refractivity contribution in [3.8, 4) is 55.6 Å². The first kappa shape index (κ1) is 31.2. The standard InChI is InChI=1S/C52H33N3/c1-3-14-34(15-4-1)48-41-21-7-8-22-42(41)49(35-16-5-2-6-17-35)52-45-28-27-39(40-24-12-25-44(50(40)45)51(48)52)36-18-11-19-37(32-36)55(38-20-13-30-53-33-38)47-29-31-54-46-26-10-9-23-43(46)47/h1-33H. The predicted octanol–water partition coefficient (Wildman–Crippen LogP) is 14.1. The first-order valence-corrected chi connectivity index (χ1v) is 18.7. The number of fused-ring (bicyclic) bond motifs is 5. The third-order valence-electron chi connectivity index (χ3n) is 11.1. The van der Waals surface area contributed by atoms with Crippen LogP contribution in [0.2, 0.25) is 0 Å². The molecule has 55 heavy (non-hydrogen) atoms. The molecule has 11 rings (SSSR count). The zero-order valence-electron chi connectivity index (χ0n) is 29.9. The number of para-hydroxylation sites is 1. The minimum absolute atomic E-state index is 0.953. The second-order valence-electron chi connectivity index (χ2n) is 14.1. The number of pyridine rings is 2. The summed E-state index contributed by atoms with van der Waals surface area (Å²) in [5.74, 6) is 0. The molecule has 0 N–H and O–H groups in total. The highest BCUT2D eigenvalue weighted by molar-refractivity contribution is 6.28. The first-order valence-electron chi connectivity index (χ1n) is 18.7. The average Bonchev–Trinajstić information content (AvgIpc) is 3.59. The minimum Gasteiger partial charge on any atom is -0.308 e. The summed E-state index contributed by atoms with van der Waals surface area (Å²) in [5.41, 5.74) is 16.6. The molecule has 1 aliphatic rings. The summed E-state index contributed by atoms with van der Waals surface area (Å²) in [6.07, 6.45) is 5.64. The summed E-state index contributed by atoms with van der Waals surface area (Å²) in [7, 11) is 0. The van der Waals surface area contributed by atoms with Gasteiger partial charge in [-0.3, -0.25) is 9.97 Å². The van der Waals surface area contributed by atoms with Gasteiger partial charge < -0.3 is 4.90 Å². The second-order valence-corrected chi connectivity index (χ2v) is 14.1. The van der Waals surface area contributed by atoms with Crippen LogP contribution in [0.1, 0.15) is 0 Å². The zero-order valence-corrected chi connectivity index (χ0v) is 29.9. The monoisotopic (exact) mass is 699 g/mol. The lowest BCUT2D eigenvalue weighted by Crippen LogP contribution is -2.11. The van der Waals surface area contributed by atoms with Crippen molar-refractivity contribution >= 4 is 49.5 Å². The van der Waals surface area contributed by atoms with Gasteiger partial charge in [0, 0.05) is 23.5 Å². The van der Waals surface area contributed by atoms with Crippen molar-refractivity contribution in [3.63, 3.8) is 0 Å². The van der Waals surface area contributed by atoms with Gasteiger partial charge in [-0.2, -0.15) is 0 Å². The van der Waals surface area contributed by atoms with Crippen molar-refractivity contribution in [3.05, 3.63) is 201 Å². The normalized spacial score (nSPS) is 11.6. The molecule has 2 aromatic heterocycles. The molecule has 2 heterocycles. The van der Waals surface area contributed by atoms with E-state index in [2.05, 4.69) is 185 Å². The minimum atomic E-state index is 0.953. The number of anilines is 3. The topological polar surface area (TPSA) is 29.0 Å². The van der Waals surface area contributed by atoms with Crippen molar-refractivity contribution in [1.29, 1.82) is 0 Å². The molecule has 0 amide bonds. The number of hydrogen-bond donors (Lipinski definition) is 0. The van der Waals surface area contributed by atoms with E-state index < -0.39 is 0 Å². The molecule has 1 aliphatic carbocycles. The van der Waals surface area contributed by atoms with E-state index in [1.807, 2.05) is 30.7 Å². The van der Waals surface area contributed by atoms with E-state index in [1.165, 1.54) is 71.6 Å². The van der Waals surface area contributed by atoms with Gasteiger partial charge in [0.05, 0.1) is 23.1 Å². The van der Waals surface area contributed by atoms with Crippen molar-refractivity contribution in [2.45, 2.75) is 0 Å². The Labute approximate surface area is 319 Å². The highest BCUT2D eigenvalue weighted by Crippen LogP contribution is 2.58. The molecule has 0 aliphatic heterocycles. The van der Waals surface area contributed by atoms with Crippen LogP contribution < -0.4 is 4.90 Å². The van der Waals surface area contributed by atoms with Gasteiger partial charge >= 0.3 is 0 Å². The van der Waals surface area contributed by atoms with Crippen molar-refractivity contribution in [2.24, 2.45) is 0 Å². The van der Waals surface area contributed by atoms with E-state index in [9.17, 15) is 0 Å². The summed E-state index contributed by atoms with van der Waals surface area (Å²) in [6.45, 7) is 0. The lowest BCUT2D eigenvalue weighted by molar-refractivity contribution is 1.23. The Morgan fingerprint density at radius 2 is 0.945 bits per heavy atom. The summed E-state index contributed by atoms with van der Waals surface area (Å²) in [5, 5.41) is 6.16. The van der Waals surface area contributed by atoms with Crippen LogP contribution in [0.4, 0.5) is 17.1 Å². The summed E-state index contributed by atoms with van der Waals surface area (Å²) < 4.78 is 0. The molecule has 0 atom stereocenters. The van der Waals surface area contributed by atoms with Crippen LogP contribution in [-0.2, 0) is 0 Å². The highest BCUT2D eigenvalue weighted by Gasteiger charge is 2.31. The van der Waals surface area contributed by atoms with Crippen LogP contribution >= 0.6 is 0 Å². The molecular weight excluding hydrogens is 667 g/mol. The lowest BCUT2D eigenvalue weighted by Gasteiger charge is -2.26. The molecule has 0 unspecified atom stereocenters. The van der Waals surface area contributed by atoms with E-state index in [1.54, 1.807) is 0 Å². The Morgan fingerprint density at radius 1 is 0.364 bits per heavy atom.